The lowest BCUT2D eigenvalue weighted by atomic mass is 9.87. The van der Waals surface area contributed by atoms with Gasteiger partial charge in [0, 0.05) is 13.0 Å². The minimum atomic E-state index is -0.329. The topological polar surface area (TPSA) is 49.3 Å². The van der Waals surface area contributed by atoms with Crippen molar-refractivity contribution in [3.8, 4) is 0 Å². The zero-order chi connectivity index (χ0) is 11.9. The molecule has 0 aliphatic carbocycles. The van der Waals surface area contributed by atoms with Crippen molar-refractivity contribution in [2.75, 3.05) is 6.54 Å². The molecule has 88 valence electrons. The molecule has 1 unspecified atom stereocenters. The molecule has 1 atom stereocenters. The fourth-order valence-electron chi connectivity index (χ4n) is 1.53. The minimum absolute atomic E-state index is 0.0496. The lowest BCUT2D eigenvalue weighted by Gasteiger charge is -2.26. The third-order valence-corrected chi connectivity index (χ3v) is 2.19. The Hall–Kier alpha value is -0.830. The molecule has 0 fully saturated rings. The molecule has 1 amide bonds. The molecule has 0 aliphatic rings. The van der Waals surface area contributed by atoms with Crippen LogP contribution in [0.3, 0.4) is 0 Å². The largest absolute Gasteiger partial charge is 0.393 e. The molecule has 2 N–H and O–H groups in total. The standard InChI is InChI=1S/C12H23NO2/c1-5-6-7-11(15)13-9-12(3,4)8-10(2)14/h5,10,14H,1,6-9H2,2-4H3,(H,13,15). The molecule has 0 aromatic rings. The van der Waals surface area contributed by atoms with Crippen LogP contribution in [-0.4, -0.2) is 23.7 Å². The predicted octanol–water partition coefficient (Wildman–Crippen LogP) is 1.87. The summed E-state index contributed by atoms with van der Waals surface area (Å²) in [6.45, 7) is 10.0. The third-order valence-electron chi connectivity index (χ3n) is 2.19. The first-order valence-electron chi connectivity index (χ1n) is 5.43. The Morgan fingerprint density at radius 1 is 1.60 bits per heavy atom. The number of rotatable bonds is 7. The van der Waals surface area contributed by atoms with E-state index in [1.165, 1.54) is 0 Å². The SMILES string of the molecule is C=CCCC(=O)NCC(C)(C)CC(C)O. The van der Waals surface area contributed by atoms with E-state index in [1.807, 2.05) is 13.8 Å². The zero-order valence-electron chi connectivity index (χ0n) is 10.0. The van der Waals surface area contributed by atoms with Crippen LogP contribution in [0, 0.1) is 5.41 Å². The van der Waals surface area contributed by atoms with Crippen molar-refractivity contribution in [3.63, 3.8) is 0 Å². The summed E-state index contributed by atoms with van der Waals surface area (Å²) >= 11 is 0. The van der Waals surface area contributed by atoms with Gasteiger partial charge in [-0.3, -0.25) is 4.79 Å². The first-order valence-corrected chi connectivity index (χ1v) is 5.43. The van der Waals surface area contributed by atoms with Crippen molar-refractivity contribution in [3.05, 3.63) is 12.7 Å². The van der Waals surface area contributed by atoms with Gasteiger partial charge in [-0.25, -0.2) is 0 Å². The van der Waals surface area contributed by atoms with Crippen molar-refractivity contribution in [2.24, 2.45) is 5.41 Å². The highest BCUT2D eigenvalue weighted by Crippen LogP contribution is 2.20. The van der Waals surface area contributed by atoms with Crippen LogP contribution >= 0.6 is 0 Å². The highest BCUT2D eigenvalue weighted by atomic mass is 16.3. The van der Waals surface area contributed by atoms with Gasteiger partial charge in [0.05, 0.1) is 6.10 Å². The number of carbonyl (C=O) groups is 1. The Bertz CT molecular complexity index is 210. The van der Waals surface area contributed by atoms with E-state index in [-0.39, 0.29) is 17.4 Å². The summed E-state index contributed by atoms with van der Waals surface area (Å²) in [6.07, 6.45) is 3.30. The van der Waals surface area contributed by atoms with Crippen LogP contribution < -0.4 is 5.32 Å². The Morgan fingerprint density at radius 2 is 2.20 bits per heavy atom. The van der Waals surface area contributed by atoms with Gasteiger partial charge in [-0.15, -0.1) is 6.58 Å². The molecule has 0 rings (SSSR count). The smallest absolute Gasteiger partial charge is 0.220 e. The molecule has 15 heavy (non-hydrogen) atoms. The van der Waals surface area contributed by atoms with Crippen molar-refractivity contribution >= 4 is 5.91 Å². The average Bonchev–Trinajstić information content (AvgIpc) is 2.09. The van der Waals surface area contributed by atoms with E-state index >= 15 is 0 Å². The molecule has 0 aromatic carbocycles. The third kappa shape index (κ3) is 8.18. The monoisotopic (exact) mass is 213 g/mol. The summed E-state index contributed by atoms with van der Waals surface area (Å²) in [4.78, 5) is 11.3. The van der Waals surface area contributed by atoms with Crippen LogP contribution in [0.25, 0.3) is 0 Å². The van der Waals surface area contributed by atoms with Gasteiger partial charge in [-0.05, 0) is 25.2 Å². The predicted molar refractivity (Wildman–Crippen MR) is 62.5 cm³/mol. The Balaban J connectivity index is 3.81. The van der Waals surface area contributed by atoms with Gasteiger partial charge in [0.2, 0.25) is 5.91 Å². The molecule has 0 radical (unpaired) electrons. The summed E-state index contributed by atoms with van der Waals surface area (Å²) in [7, 11) is 0. The van der Waals surface area contributed by atoms with Crippen LogP contribution in [0.1, 0.15) is 40.0 Å². The van der Waals surface area contributed by atoms with E-state index in [0.29, 0.717) is 25.8 Å². The van der Waals surface area contributed by atoms with Gasteiger partial charge in [0.15, 0.2) is 0 Å². The number of allylic oxidation sites excluding steroid dienone is 1. The quantitative estimate of drug-likeness (QED) is 0.634. The van der Waals surface area contributed by atoms with E-state index in [4.69, 9.17) is 0 Å². The molecule has 3 nitrogen and oxygen atoms in total. The molecule has 0 heterocycles. The second-order valence-corrected chi connectivity index (χ2v) is 4.82. The summed E-state index contributed by atoms with van der Waals surface area (Å²) < 4.78 is 0. The second kappa shape index (κ2) is 6.62. The normalized spacial score (nSPS) is 13.3. The maximum Gasteiger partial charge on any atom is 0.220 e. The molecular weight excluding hydrogens is 190 g/mol. The molecule has 0 bridgehead atoms. The lowest BCUT2D eigenvalue weighted by molar-refractivity contribution is -0.121. The second-order valence-electron chi connectivity index (χ2n) is 4.82. The fourth-order valence-corrected chi connectivity index (χ4v) is 1.53. The maximum absolute atomic E-state index is 11.3. The van der Waals surface area contributed by atoms with Crippen LogP contribution in [0.15, 0.2) is 12.7 Å². The minimum Gasteiger partial charge on any atom is -0.393 e. The highest BCUT2D eigenvalue weighted by Gasteiger charge is 2.20. The Kier molecular flexibility index (Phi) is 6.25. The van der Waals surface area contributed by atoms with E-state index in [2.05, 4.69) is 11.9 Å². The van der Waals surface area contributed by atoms with Gasteiger partial charge >= 0.3 is 0 Å². The van der Waals surface area contributed by atoms with Crippen LogP contribution in [-0.2, 0) is 4.79 Å². The van der Waals surface area contributed by atoms with Crippen LogP contribution in [0.5, 0.6) is 0 Å². The van der Waals surface area contributed by atoms with E-state index < -0.39 is 0 Å². The zero-order valence-corrected chi connectivity index (χ0v) is 10.0. The molecule has 3 heteroatoms. The maximum atomic E-state index is 11.3. The number of hydrogen-bond donors (Lipinski definition) is 2. The Labute approximate surface area is 92.6 Å². The molecular formula is C12H23NO2. The number of hydrogen-bond acceptors (Lipinski definition) is 2. The summed E-state index contributed by atoms with van der Waals surface area (Å²) in [5.74, 6) is 0.0496. The molecule has 0 saturated carbocycles. The van der Waals surface area contributed by atoms with E-state index in [1.54, 1.807) is 13.0 Å². The number of amides is 1. The van der Waals surface area contributed by atoms with Crippen LogP contribution in [0.2, 0.25) is 0 Å². The molecule has 0 spiro atoms. The lowest BCUT2D eigenvalue weighted by Crippen LogP contribution is -2.35. The van der Waals surface area contributed by atoms with E-state index in [0.717, 1.165) is 0 Å². The van der Waals surface area contributed by atoms with Crippen molar-refractivity contribution < 1.29 is 9.90 Å². The molecule has 0 aliphatic heterocycles. The Morgan fingerprint density at radius 3 is 2.67 bits per heavy atom. The van der Waals surface area contributed by atoms with Crippen molar-refractivity contribution in [1.82, 2.24) is 5.32 Å². The van der Waals surface area contributed by atoms with Crippen molar-refractivity contribution in [2.45, 2.75) is 46.1 Å². The highest BCUT2D eigenvalue weighted by molar-refractivity contribution is 5.76. The summed E-state index contributed by atoms with van der Waals surface area (Å²) in [5, 5.41) is 12.1. The first-order chi connectivity index (χ1) is 6.87. The summed E-state index contributed by atoms with van der Waals surface area (Å²) in [5.41, 5.74) is -0.0575. The van der Waals surface area contributed by atoms with Crippen LogP contribution in [0.4, 0.5) is 0 Å². The number of nitrogens with one attached hydrogen (secondary N) is 1. The average molecular weight is 213 g/mol. The molecule has 0 aromatic heterocycles. The van der Waals surface area contributed by atoms with Gasteiger partial charge in [0.1, 0.15) is 0 Å². The number of aliphatic hydroxyl groups is 1. The van der Waals surface area contributed by atoms with Gasteiger partial charge < -0.3 is 10.4 Å². The number of aliphatic hydroxyl groups excluding tert-OH is 1. The fraction of sp³-hybridized carbons (Fsp3) is 0.750. The van der Waals surface area contributed by atoms with Gasteiger partial charge in [-0.1, -0.05) is 19.9 Å². The van der Waals surface area contributed by atoms with Gasteiger partial charge in [-0.2, -0.15) is 0 Å². The number of carbonyl (C=O) groups excluding carboxylic acids is 1. The van der Waals surface area contributed by atoms with E-state index in [9.17, 15) is 9.90 Å². The summed E-state index contributed by atoms with van der Waals surface area (Å²) in [6, 6.07) is 0. The molecule has 0 saturated heterocycles. The van der Waals surface area contributed by atoms with Gasteiger partial charge in [0.25, 0.3) is 0 Å². The van der Waals surface area contributed by atoms with Crippen molar-refractivity contribution in [1.29, 1.82) is 0 Å². The first kappa shape index (κ1) is 14.2.